The minimum Gasteiger partial charge on any atom is -0.488 e. The van der Waals surface area contributed by atoms with E-state index in [9.17, 15) is 9.59 Å². The fourth-order valence-electron chi connectivity index (χ4n) is 3.07. The molecule has 1 aliphatic rings. The zero-order chi connectivity index (χ0) is 22.7. The summed E-state index contributed by atoms with van der Waals surface area (Å²) in [4.78, 5) is 26.8. The molecule has 4 rings (SSSR count). The summed E-state index contributed by atoms with van der Waals surface area (Å²) in [5.41, 5.74) is 2.58. The number of imide groups is 1. The van der Waals surface area contributed by atoms with Crippen molar-refractivity contribution in [1.82, 2.24) is 4.90 Å². The van der Waals surface area contributed by atoms with Crippen molar-refractivity contribution in [3.05, 3.63) is 103 Å². The summed E-state index contributed by atoms with van der Waals surface area (Å²) in [6.07, 6.45) is 1.70. The summed E-state index contributed by atoms with van der Waals surface area (Å²) in [6, 6.07) is 20.1. The molecule has 1 fully saturated rings. The maximum absolute atomic E-state index is 12.8. The van der Waals surface area contributed by atoms with Crippen molar-refractivity contribution in [2.45, 2.75) is 13.2 Å². The molecule has 1 saturated heterocycles. The average molecular weight is 549 g/mol. The Bertz CT molecular complexity index is 1210. The fraction of sp³-hybridized carbons (Fsp3) is 0.0833. The molecule has 1 aliphatic heterocycles. The molecule has 2 amide bonds. The van der Waals surface area contributed by atoms with Gasteiger partial charge in [-0.05, 0) is 86.9 Å². The number of rotatable bonds is 6. The fourth-order valence-corrected chi connectivity index (χ4v) is 4.76. The van der Waals surface area contributed by atoms with Crippen LogP contribution in [0.1, 0.15) is 16.7 Å². The first-order chi connectivity index (χ1) is 15.4. The van der Waals surface area contributed by atoms with E-state index in [1.54, 1.807) is 24.3 Å². The highest BCUT2D eigenvalue weighted by molar-refractivity contribution is 9.10. The van der Waals surface area contributed by atoms with Crippen LogP contribution in [0.25, 0.3) is 6.08 Å². The quantitative estimate of drug-likeness (QED) is 0.298. The van der Waals surface area contributed by atoms with E-state index in [-0.39, 0.29) is 17.7 Å². The number of halogens is 3. The van der Waals surface area contributed by atoms with E-state index >= 15 is 0 Å². The van der Waals surface area contributed by atoms with Crippen LogP contribution >= 0.6 is 50.9 Å². The van der Waals surface area contributed by atoms with E-state index in [0.29, 0.717) is 27.3 Å². The molecule has 0 spiro atoms. The molecular formula is C24H16BrCl2NO3S. The second kappa shape index (κ2) is 10.1. The number of benzene rings is 3. The van der Waals surface area contributed by atoms with E-state index in [1.165, 1.54) is 4.90 Å². The number of hydrogen-bond donors (Lipinski definition) is 0. The maximum Gasteiger partial charge on any atom is 0.293 e. The molecular weight excluding hydrogens is 533 g/mol. The van der Waals surface area contributed by atoms with Crippen LogP contribution in [-0.4, -0.2) is 16.0 Å². The Hall–Kier alpha value is -2.25. The lowest BCUT2D eigenvalue weighted by Crippen LogP contribution is -2.27. The molecule has 0 bridgehead atoms. The molecule has 0 N–H and O–H groups in total. The van der Waals surface area contributed by atoms with Gasteiger partial charge in [0.2, 0.25) is 0 Å². The summed E-state index contributed by atoms with van der Waals surface area (Å²) in [5, 5.41) is 0.938. The highest BCUT2D eigenvalue weighted by Crippen LogP contribution is 2.35. The van der Waals surface area contributed by atoms with E-state index < -0.39 is 0 Å². The van der Waals surface area contributed by atoms with Crippen molar-refractivity contribution in [1.29, 1.82) is 0 Å². The van der Waals surface area contributed by atoms with Crippen LogP contribution in [0, 0.1) is 0 Å². The molecule has 0 aliphatic carbocycles. The normalized spacial score (nSPS) is 15.0. The van der Waals surface area contributed by atoms with Gasteiger partial charge in [-0.15, -0.1) is 0 Å². The molecule has 1 heterocycles. The molecule has 0 saturated carbocycles. The van der Waals surface area contributed by atoms with Crippen molar-refractivity contribution in [2.75, 3.05) is 0 Å². The van der Waals surface area contributed by atoms with E-state index in [1.807, 2.05) is 48.5 Å². The average Bonchev–Trinajstić information content (AvgIpc) is 3.02. The Labute approximate surface area is 208 Å². The third-order valence-electron chi connectivity index (χ3n) is 4.66. The first kappa shape index (κ1) is 22.9. The van der Waals surface area contributed by atoms with Gasteiger partial charge in [-0.3, -0.25) is 14.5 Å². The second-order valence-electron chi connectivity index (χ2n) is 7.00. The van der Waals surface area contributed by atoms with Gasteiger partial charge in [-0.1, -0.05) is 53.5 Å². The van der Waals surface area contributed by atoms with Gasteiger partial charge >= 0.3 is 0 Å². The highest BCUT2D eigenvalue weighted by Gasteiger charge is 2.35. The van der Waals surface area contributed by atoms with Crippen LogP contribution in [0.2, 0.25) is 10.0 Å². The number of ether oxygens (including phenoxy) is 1. The monoisotopic (exact) mass is 547 g/mol. The van der Waals surface area contributed by atoms with Crippen LogP contribution in [0.5, 0.6) is 5.75 Å². The molecule has 0 aromatic heterocycles. The third-order valence-corrected chi connectivity index (χ3v) is 6.68. The SMILES string of the molecule is O=C1S/C(=C\c2ccc(OCc3ccc(Cl)cc3)c(Br)c2)C(=O)N1Cc1cccc(Cl)c1. The Balaban J connectivity index is 1.45. The predicted molar refractivity (Wildman–Crippen MR) is 133 cm³/mol. The minimum absolute atomic E-state index is 0.184. The van der Waals surface area contributed by atoms with E-state index in [0.717, 1.165) is 32.9 Å². The van der Waals surface area contributed by atoms with Crippen LogP contribution in [0.15, 0.2) is 76.1 Å². The Morgan fingerprint density at radius 1 is 0.938 bits per heavy atom. The summed E-state index contributed by atoms with van der Waals surface area (Å²) in [5.74, 6) is 0.352. The molecule has 32 heavy (non-hydrogen) atoms. The maximum atomic E-state index is 12.8. The van der Waals surface area contributed by atoms with Gasteiger partial charge < -0.3 is 4.74 Å². The zero-order valence-corrected chi connectivity index (χ0v) is 20.5. The van der Waals surface area contributed by atoms with Crippen LogP contribution in [0.4, 0.5) is 4.79 Å². The molecule has 162 valence electrons. The lowest BCUT2D eigenvalue weighted by Gasteiger charge is -2.12. The third kappa shape index (κ3) is 5.56. The van der Waals surface area contributed by atoms with Crippen molar-refractivity contribution in [3.63, 3.8) is 0 Å². The number of nitrogens with zero attached hydrogens (tertiary/aromatic N) is 1. The largest absolute Gasteiger partial charge is 0.488 e. The summed E-state index contributed by atoms with van der Waals surface area (Å²) >= 11 is 16.4. The lowest BCUT2D eigenvalue weighted by atomic mass is 10.2. The topological polar surface area (TPSA) is 46.6 Å². The van der Waals surface area contributed by atoms with Gasteiger partial charge in [0.05, 0.1) is 15.9 Å². The van der Waals surface area contributed by atoms with Crippen molar-refractivity contribution in [2.24, 2.45) is 0 Å². The lowest BCUT2D eigenvalue weighted by molar-refractivity contribution is -0.123. The summed E-state index contributed by atoms with van der Waals surface area (Å²) in [7, 11) is 0. The number of hydrogen-bond acceptors (Lipinski definition) is 4. The number of carbonyl (C=O) groups is 2. The van der Waals surface area contributed by atoms with Crippen LogP contribution in [0.3, 0.4) is 0 Å². The van der Waals surface area contributed by atoms with Gasteiger partial charge in [-0.2, -0.15) is 0 Å². The predicted octanol–water partition coefficient (Wildman–Crippen LogP) is 7.57. The Kier molecular flexibility index (Phi) is 7.26. The minimum atomic E-state index is -0.320. The molecule has 0 radical (unpaired) electrons. The van der Waals surface area contributed by atoms with Crippen LogP contribution in [-0.2, 0) is 17.9 Å². The van der Waals surface area contributed by atoms with Gasteiger partial charge in [0, 0.05) is 10.0 Å². The summed E-state index contributed by atoms with van der Waals surface area (Å²) in [6.45, 7) is 0.585. The van der Waals surface area contributed by atoms with Crippen molar-refractivity contribution in [3.8, 4) is 5.75 Å². The smallest absolute Gasteiger partial charge is 0.293 e. The van der Waals surface area contributed by atoms with Gasteiger partial charge in [0.25, 0.3) is 11.1 Å². The second-order valence-corrected chi connectivity index (χ2v) is 9.72. The molecule has 8 heteroatoms. The van der Waals surface area contributed by atoms with E-state index in [4.69, 9.17) is 27.9 Å². The first-order valence-electron chi connectivity index (χ1n) is 9.55. The molecule has 3 aromatic rings. The molecule has 0 unspecified atom stereocenters. The number of carbonyl (C=O) groups excluding carboxylic acids is 2. The Morgan fingerprint density at radius 3 is 2.44 bits per heavy atom. The number of thioether (sulfide) groups is 1. The van der Waals surface area contributed by atoms with Crippen molar-refractivity contribution >= 4 is 68.1 Å². The standard InChI is InChI=1S/C24H16BrCl2NO3S/c25-20-11-16(6-9-21(20)31-14-15-4-7-18(26)8-5-15)12-22-23(29)28(24(30)32-22)13-17-2-1-3-19(27)10-17/h1-12H,13-14H2/b22-12-. The molecule has 0 atom stereocenters. The molecule has 3 aromatic carbocycles. The zero-order valence-electron chi connectivity index (χ0n) is 16.6. The summed E-state index contributed by atoms with van der Waals surface area (Å²) < 4.78 is 6.61. The van der Waals surface area contributed by atoms with Gasteiger partial charge in [0.15, 0.2) is 0 Å². The van der Waals surface area contributed by atoms with E-state index in [2.05, 4.69) is 15.9 Å². The van der Waals surface area contributed by atoms with Gasteiger partial charge in [0.1, 0.15) is 12.4 Å². The van der Waals surface area contributed by atoms with Gasteiger partial charge in [-0.25, -0.2) is 0 Å². The molecule has 4 nitrogen and oxygen atoms in total. The Morgan fingerprint density at radius 2 is 1.72 bits per heavy atom. The van der Waals surface area contributed by atoms with Crippen LogP contribution < -0.4 is 4.74 Å². The number of amides is 2. The van der Waals surface area contributed by atoms with Crippen molar-refractivity contribution < 1.29 is 14.3 Å². The first-order valence-corrected chi connectivity index (χ1v) is 11.9. The highest BCUT2D eigenvalue weighted by atomic mass is 79.9.